The van der Waals surface area contributed by atoms with E-state index in [0.29, 0.717) is 37.7 Å². The third-order valence-corrected chi connectivity index (χ3v) is 6.29. The summed E-state index contributed by atoms with van der Waals surface area (Å²) >= 11 is 0. The first kappa shape index (κ1) is 27.0. The number of amides is 1. The van der Waals surface area contributed by atoms with Crippen LogP contribution < -0.4 is 15.1 Å². The summed E-state index contributed by atoms with van der Waals surface area (Å²) in [5.74, 6) is -2.35. The molecule has 40 heavy (non-hydrogen) atoms. The molecule has 5 rings (SSSR count). The van der Waals surface area contributed by atoms with Gasteiger partial charge in [0.15, 0.2) is 5.69 Å². The standard InChI is InChI=1S/C27H21F6N5O2/c28-26(29,30)18-6-9-20(10-7-18)37-12-14-38(15-13-37)21-11-8-19(16-34-21)35-24(39)22-23(27(31,32)33)40-25(36-22)17-4-2-1-3-5-17/h1-11,16H,12-15H2,(H,35,39). The number of piperazine rings is 1. The molecule has 0 spiro atoms. The van der Waals surface area contributed by atoms with Crippen molar-refractivity contribution in [2.24, 2.45) is 0 Å². The lowest BCUT2D eigenvalue weighted by Gasteiger charge is -2.36. The van der Waals surface area contributed by atoms with E-state index in [2.05, 4.69) is 15.3 Å². The van der Waals surface area contributed by atoms with E-state index in [0.717, 1.165) is 12.1 Å². The zero-order chi connectivity index (χ0) is 28.5. The molecule has 7 nitrogen and oxygen atoms in total. The Balaban J connectivity index is 1.23. The summed E-state index contributed by atoms with van der Waals surface area (Å²) < 4.78 is 84.0. The number of rotatable bonds is 5. The van der Waals surface area contributed by atoms with Gasteiger partial charge in [-0.2, -0.15) is 26.3 Å². The molecule has 0 atom stereocenters. The SMILES string of the molecule is O=C(Nc1ccc(N2CCN(c3ccc(C(F)(F)F)cc3)CC2)nc1)c1nc(-c2ccccc2)oc1C(F)(F)F. The molecule has 208 valence electrons. The molecule has 0 bridgehead atoms. The van der Waals surface area contributed by atoms with Gasteiger partial charge < -0.3 is 19.5 Å². The van der Waals surface area contributed by atoms with Gasteiger partial charge in [-0.3, -0.25) is 4.79 Å². The van der Waals surface area contributed by atoms with E-state index < -0.39 is 35.3 Å². The van der Waals surface area contributed by atoms with Crippen LogP contribution in [-0.4, -0.2) is 42.1 Å². The number of nitrogens with one attached hydrogen (secondary N) is 1. The van der Waals surface area contributed by atoms with Gasteiger partial charge in [0.1, 0.15) is 5.82 Å². The van der Waals surface area contributed by atoms with Crippen LogP contribution in [-0.2, 0) is 12.4 Å². The molecule has 3 heterocycles. The van der Waals surface area contributed by atoms with Crippen molar-refractivity contribution in [3.63, 3.8) is 0 Å². The maximum Gasteiger partial charge on any atom is 0.452 e. The first-order chi connectivity index (χ1) is 19.0. The lowest BCUT2D eigenvalue weighted by molar-refractivity contribution is -0.153. The first-order valence-electron chi connectivity index (χ1n) is 12.1. The van der Waals surface area contributed by atoms with E-state index in [1.54, 1.807) is 24.3 Å². The van der Waals surface area contributed by atoms with Crippen molar-refractivity contribution >= 4 is 23.1 Å². The van der Waals surface area contributed by atoms with Crippen LogP contribution in [0.25, 0.3) is 11.5 Å². The minimum atomic E-state index is -4.93. The number of pyridine rings is 1. The smallest absolute Gasteiger partial charge is 0.431 e. The molecule has 4 aromatic rings. The van der Waals surface area contributed by atoms with Crippen molar-refractivity contribution in [2.75, 3.05) is 41.3 Å². The van der Waals surface area contributed by atoms with Crippen molar-refractivity contribution in [3.05, 3.63) is 89.9 Å². The summed E-state index contributed by atoms with van der Waals surface area (Å²) in [7, 11) is 0. The van der Waals surface area contributed by atoms with Gasteiger partial charge in [0.25, 0.3) is 5.91 Å². The Morgan fingerprint density at radius 3 is 2.02 bits per heavy atom. The molecule has 1 N–H and O–H groups in total. The fourth-order valence-electron chi connectivity index (χ4n) is 4.26. The predicted octanol–water partition coefficient (Wildman–Crippen LogP) is 6.35. The zero-order valence-corrected chi connectivity index (χ0v) is 20.6. The minimum Gasteiger partial charge on any atom is -0.431 e. The molecule has 1 aliphatic rings. The molecule has 0 aliphatic carbocycles. The van der Waals surface area contributed by atoms with Gasteiger partial charge in [-0.05, 0) is 48.5 Å². The quantitative estimate of drug-likeness (QED) is 0.286. The monoisotopic (exact) mass is 561 g/mol. The van der Waals surface area contributed by atoms with E-state index in [1.165, 1.54) is 36.5 Å². The fraction of sp³-hybridized carbons (Fsp3) is 0.222. The summed E-state index contributed by atoms with van der Waals surface area (Å²) in [6.45, 7) is 2.16. The number of hydrogen-bond acceptors (Lipinski definition) is 6. The molecule has 2 aromatic heterocycles. The molecular formula is C27H21F6N5O2. The predicted molar refractivity (Wildman–Crippen MR) is 135 cm³/mol. The van der Waals surface area contributed by atoms with E-state index >= 15 is 0 Å². The number of alkyl halides is 6. The summed E-state index contributed by atoms with van der Waals surface area (Å²) in [5.41, 5.74) is -0.470. The number of oxazole rings is 1. The molecular weight excluding hydrogens is 540 g/mol. The first-order valence-corrected chi connectivity index (χ1v) is 12.1. The number of halogens is 6. The Bertz CT molecular complexity index is 1460. The summed E-state index contributed by atoms with van der Waals surface area (Å²) in [4.78, 5) is 24.7. The maximum absolute atomic E-state index is 13.6. The summed E-state index contributed by atoms with van der Waals surface area (Å²) in [6, 6.07) is 16.0. The molecule has 0 radical (unpaired) electrons. The highest BCUT2D eigenvalue weighted by Gasteiger charge is 2.42. The Labute approximate surface area is 224 Å². The Morgan fingerprint density at radius 1 is 0.800 bits per heavy atom. The van der Waals surface area contributed by atoms with E-state index in [9.17, 15) is 31.1 Å². The van der Waals surface area contributed by atoms with Gasteiger partial charge in [0.05, 0.1) is 17.4 Å². The second-order valence-corrected chi connectivity index (χ2v) is 8.94. The molecule has 1 aliphatic heterocycles. The van der Waals surface area contributed by atoms with Crippen LogP contribution in [0.5, 0.6) is 0 Å². The number of benzene rings is 2. The maximum atomic E-state index is 13.6. The van der Waals surface area contributed by atoms with Crippen molar-refractivity contribution < 1.29 is 35.6 Å². The molecule has 1 saturated heterocycles. The van der Waals surface area contributed by atoms with Crippen LogP contribution >= 0.6 is 0 Å². The van der Waals surface area contributed by atoms with Crippen LogP contribution in [0.15, 0.2) is 77.3 Å². The van der Waals surface area contributed by atoms with Gasteiger partial charge in [-0.25, -0.2) is 9.97 Å². The third kappa shape index (κ3) is 5.87. The minimum absolute atomic E-state index is 0.162. The molecule has 0 saturated carbocycles. The Kier molecular flexibility index (Phi) is 7.13. The molecule has 1 fully saturated rings. The van der Waals surface area contributed by atoms with E-state index in [1.807, 2.05) is 9.80 Å². The van der Waals surface area contributed by atoms with Crippen LogP contribution in [0.1, 0.15) is 21.8 Å². The number of carbonyl (C=O) groups is 1. The molecule has 2 aromatic carbocycles. The number of hydrogen-bond donors (Lipinski definition) is 1. The van der Waals surface area contributed by atoms with Crippen LogP contribution in [0, 0.1) is 0 Å². The number of anilines is 3. The van der Waals surface area contributed by atoms with Crippen LogP contribution in [0.2, 0.25) is 0 Å². The van der Waals surface area contributed by atoms with Crippen molar-refractivity contribution in [1.29, 1.82) is 0 Å². The average molecular weight is 561 g/mol. The second-order valence-electron chi connectivity index (χ2n) is 8.94. The van der Waals surface area contributed by atoms with Gasteiger partial charge in [0.2, 0.25) is 11.7 Å². The number of aromatic nitrogens is 2. The average Bonchev–Trinajstić information content (AvgIpc) is 3.41. The van der Waals surface area contributed by atoms with E-state index in [-0.39, 0.29) is 17.1 Å². The fourth-order valence-corrected chi connectivity index (χ4v) is 4.26. The highest BCUT2D eigenvalue weighted by molar-refractivity contribution is 6.04. The van der Waals surface area contributed by atoms with Crippen molar-refractivity contribution in [1.82, 2.24) is 9.97 Å². The lowest BCUT2D eigenvalue weighted by atomic mass is 10.1. The van der Waals surface area contributed by atoms with Gasteiger partial charge >= 0.3 is 12.4 Å². The van der Waals surface area contributed by atoms with Gasteiger partial charge in [-0.1, -0.05) is 18.2 Å². The molecule has 1 amide bonds. The largest absolute Gasteiger partial charge is 0.452 e. The zero-order valence-electron chi connectivity index (χ0n) is 20.6. The number of nitrogens with zero attached hydrogens (tertiary/aromatic N) is 4. The summed E-state index contributed by atoms with van der Waals surface area (Å²) in [5, 5.41) is 2.38. The number of carbonyl (C=O) groups excluding carboxylic acids is 1. The van der Waals surface area contributed by atoms with Crippen LogP contribution in [0.4, 0.5) is 43.5 Å². The van der Waals surface area contributed by atoms with E-state index in [4.69, 9.17) is 4.42 Å². The second kappa shape index (κ2) is 10.5. The van der Waals surface area contributed by atoms with Crippen molar-refractivity contribution in [2.45, 2.75) is 12.4 Å². The van der Waals surface area contributed by atoms with Gasteiger partial charge in [-0.15, -0.1) is 0 Å². The molecule has 13 heteroatoms. The highest BCUT2D eigenvalue weighted by Crippen LogP contribution is 2.36. The Morgan fingerprint density at radius 2 is 1.45 bits per heavy atom. The lowest BCUT2D eigenvalue weighted by Crippen LogP contribution is -2.46. The molecule has 0 unspecified atom stereocenters. The highest BCUT2D eigenvalue weighted by atomic mass is 19.4. The Hall–Kier alpha value is -4.55. The normalized spacial score (nSPS) is 14.3. The third-order valence-electron chi connectivity index (χ3n) is 6.29. The van der Waals surface area contributed by atoms with Gasteiger partial charge in [0, 0.05) is 37.4 Å². The van der Waals surface area contributed by atoms with Crippen LogP contribution in [0.3, 0.4) is 0 Å². The van der Waals surface area contributed by atoms with Crippen molar-refractivity contribution in [3.8, 4) is 11.5 Å². The summed E-state index contributed by atoms with van der Waals surface area (Å²) in [6.07, 6.45) is -8.01. The topological polar surface area (TPSA) is 74.5 Å².